The standard InChI is InChI=1S/C26H34N2O2S/c1-27(2)17-15-26(30-25-13-11-24(29-3)12-14-25)23-9-7-22(8-10-23)6-4-5-16-28-18-20-31-21-19-28/h7-14,26H,5,15-21H2,1-3H3. The molecule has 1 aliphatic rings. The van der Waals surface area contributed by atoms with Gasteiger partial charge in [-0.05, 0) is 56.1 Å². The molecule has 0 aliphatic carbocycles. The third kappa shape index (κ3) is 8.14. The van der Waals surface area contributed by atoms with E-state index in [1.165, 1.54) is 30.2 Å². The van der Waals surface area contributed by atoms with Gasteiger partial charge in [-0.3, -0.25) is 0 Å². The fraction of sp³-hybridized carbons (Fsp3) is 0.462. The molecule has 2 aromatic rings. The minimum absolute atomic E-state index is 0.00484. The first-order valence-electron chi connectivity index (χ1n) is 11.0. The number of nitrogens with zero attached hydrogens (tertiary/aromatic N) is 2. The summed E-state index contributed by atoms with van der Waals surface area (Å²) in [5.41, 5.74) is 2.24. The lowest BCUT2D eigenvalue weighted by molar-refractivity contribution is 0.179. The average molecular weight is 439 g/mol. The van der Waals surface area contributed by atoms with Crippen LogP contribution in [0.25, 0.3) is 0 Å². The van der Waals surface area contributed by atoms with Crippen LogP contribution in [0, 0.1) is 11.8 Å². The van der Waals surface area contributed by atoms with Crippen molar-refractivity contribution in [1.82, 2.24) is 9.80 Å². The minimum atomic E-state index is -0.00484. The summed E-state index contributed by atoms with van der Waals surface area (Å²) in [6.07, 6.45) is 1.84. The molecule has 4 nitrogen and oxygen atoms in total. The molecule has 0 amide bonds. The van der Waals surface area contributed by atoms with Gasteiger partial charge in [0.2, 0.25) is 0 Å². The van der Waals surface area contributed by atoms with Gasteiger partial charge >= 0.3 is 0 Å². The Hall–Kier alpha value is -2.13. The van der Waals surface area contributed by atoms with Crippen LogP contribution in [0.15, 0.2) is 48.5 Å². The molecule has 1 heterocycles. The van der Waals surface area contributed by atoms with Gasteiger partial charge in [0.15, 0.2) is 0 Å². The summed E-state index contributed by atoms with van der Waals surface area (Å²) in [6.45, 7) is 4.43. The Morgan fingerprint density at radius 2 is 1.68 bits per heavy atom. The summed E-state index contributed by atoms with van der Waals surface area (Å²) in [4.78, 5) is 4.70. The topological polar surface area (TPSA) is 24.9 Å². The highest BCUT2D eigenvalue weighted by molar-refractivity contribution is 7.99. The molecule has 1 unspecified atom stereocenters. The first-order valence-corrected chi connectivity index (χ1v) is 12.1. The Balaban J connectivity index is 1.60. The van der Waals surface area contributed by atoms with Crippen LogP contribution in [0.3, 0.4) is 0 Å². The quantitative estimate of drug-likeness (QED) is 0.535. The van der Waals surface area contributed by atoms with Gasteiger partial charge < -0.3 is 19.3 Å². The SMILES string of the molecule is COc1ccc(OC(CCN(C)C)c2ccc(C#CCCN3CCSCC3)cc2)cc1. The van der Waals surface area contributed by atoms with Gasteiger partial charge in [-0.15, -0.1) is 0 Å². The van der Waals surface area contributed by atoms with Crippen molar-refractivity contribution >= 4 is 11.8 Å². The predicted octanol–water partition coefficient (Wildman–Crippen LogP) is 4.56. The van der Waals surface area contributed by atoms with E-state index in [-0.39, 0.29) is 6.10 Å². The first kappa shape index (κ1) is 23.5. The molecule has 0 N–H and O–H groups in total. The Kier molecular flexibility index (Phi) is 9.61. The zero-order chi connectivity index (χ0) is 21.9. The van der Waals surface area contributed by atoms with Crippen LogP contribution in [0.1, 0.15) is 30.1 Å². The lowest BCUT2D eigenvalue weighted by atomic mass is 10.0. The van der Waals surface area contributed by atoms with Crippen molar-refractivity contribution in [1.29, 1.82) is 0 Å². The van der Waals surface area contributed by atoms with E-state index >= 15 is 0 Å². The monoisotopic (exact) mass is 438 g/mol. The zero-order valence-electron chi connectivity index (χ0n) is 19.0. The van der Waals surface area contributed by atoms with E-state index in [4.69, 9.17) is 9.47 Å². The highest BCUT2D eigenvalue weighted by atomic mass is 32.2. The lowest BCUT2D eigenvalue weighted by Crippen LogP contribution is -2.33. The van der Waals surface area contributed by atoms with Gasteiger partial charge in [0.05, 0.1) is 7.11 Å². The Bertz CT molecular complexity index is 834. The second-order valence-corrected chi connectivity index (χ2v) is 9.23. The maximum absolute atomic E-state index is 6.33. The molecule has 0 radical (unpaired) electrons. The number of hydrogen-bond acceptors (Lipinski definition) is 5. The number of methoxy groups -OCH3 is 1. The number of ether oxygens (including phenoxy) is 2. The van der Waals surface area contributed by atoms with Gasteiger partial charge in [0.1, 0.15) is 17.6 Å². The summed E-state index contributed by atoms with van der Waals surface area (Å²) in [7, 11) is 5.85. The van der Waals surface area contributed by atoms with Crippen LogP contribution in [-0.2, 0) is 0 Å². The van der Waals surface area contributed by atoms with E-state index in [1.54, 1.807) is 7.11 Å². The summed E-state index contributed by atoms with van der Waals surface area (Å²) in [6, 6.07) is 16.3. The highest BCUT2D eigenvalue weighted by Gasteiger charge is 2.14. The summed E-state index contributed by atoms with van der Waals surface area (Å²) in [5, 5.41) is 0. The van der Waals surface area contributed by atoms with Gasteiger partial charge in [-0.25, -0.2) is 0 Å². The molecule has 166 valence electrons. The fourth-order valence-electron chi connectivity index (χ4n) is 3.47. The number of rotatable bonds is 9. The molecule has 1 saturated heterocycles. The molecule has 31 heavy (non-hydrogen) atoms. The highest BCUT2D eigenvalue weighted by Crippen LogP contribution is 2.27. The Morgan fingerprint density at radius 1 is 1.00 bits per heavy atom. The molecule has 0 bridgehead atoms. The van der Waals surface area contributed by atoms with Crippen LogP contribution < -0.4 is 9.47 Å². The van der Waals surface area contributed by atoms with Gasteiger partial charge in [-0.1, -0.05) is 24.0 Å². The molecule has 3 rings (SSSR count). The van der Waals surface area contributed by atoms with Crippen molar-refractivity contribution < 1.29 is 9.47 Å². The van der Waals surface area contributed by atoms with E-state index in [0.717, 1.165) is 43.0 Å². The number of benzene rings is 2. The second-order valence-electron chi connectivity index (χ2n) is 8.00. The average Bonchev–Trinajstić information content (AvgIpc) is 2.81. The Morgan fingerprint density at radius 3 is 2.32 bits per heavy atom. The van der Waals surface area contributed by atoms with Crippen molar-refractivity contribution in [2.75, 3.05) is 58.9 Å². The van der Waals surface area contributed by atoms with E-state index in [0.29, 0.717) is 0 Å². The zero-order valence-corrected chi connectivity index (χ0v) is 19.8. The van der Waals surface area contributed by atoms with E-state index in [1.807, 2.05) is 36.0 Å². The maximum Gasteiger partial charge on any atom is 0.125 e. The van der Waals surface area contributed by atoms with Crippen LogP contribution in [0.5, 0.6) is 11.5 Å². The van der Waals surface area contributed by atoms with Crippen LogP contribution >= 0.6 is 11.8 Å². The molecular weight excluding hydrogens is 404 g/mol. The molecule has 2 aromatic carbocycles. The molecule has 0 saturated carbocycles. The number of hydrogen-bond donors (Lipinski definition) is 0. The fourth-order valence-corrected chi connectivity index (χ4v) is 4.45. The van der Waals surface area contributed by atoms with E-state index in [9.17, 15) is 0 Å². The molecule has 1 atom stereocenters. The van der Waals surface area contributed by atoms with Gasteiger partial charge in [-0.2, -0.15) is 11.8 Å². The second kappa shape index (κ2) is 12.7. The largest absolute Gasteiger partial charge is 0.497 e. The van der Waals surface area contributed by atoms with Crippen LogP contribution in [-0.4, -0.2) is 68.7 Å². The van der Waals surface area contributed by atoms with E-state index in [2.05, 4.69) is 60.0 Å². The van der Waals surface area contributed by atoms with Crippen molar-refractivity contribution in [2.45, 2.75) is 18.9 Å². The van der Waals surface area contributed by atoms with Gasteiger partial charge in [0.25, 0.3) is 0 Å². The molecule has 5 heteroatoms. The molecule has 0 aromatic heterocycles. The third-order valence-corrected chi connectivity index (χ3v) is 6.29. The third-order valence-electron chi connectivity index (χ3n) is 5.35. The summed E-state index contributed by atoms with van der Waals surface area (Å²) in [5.74, 6) is 10.8. The van der Waals surface area contributed by atoms with Crippen molar-refractivity contribution in [3.63, 3.8) is 0 Å². The van der Waals surface area contributed by atoms with Gasteiger partial charge in [0, 0.05) is 56.1 Å². The van der Waals surface area contributed by atoms with Crippen molar-refractivity contribution in [3.05, 3.63) is 59.7 Å². The normalized spacial score (nSPS) is 15.2. The maximum atomic E-state index is 6.33. The molecular formula is C26H34N2O2S. The summed E-state index contributed by atoms with van der Waals surface area (Å²) < 4.78 is 11.6. The summed E-state index contributed by atoms with van der Waals surface area (Å²) >= 11 is 2.05. The Labute approximate surface area is 191 Å². The first-order chi connectivity index (χ1) is 15.1. The van der Waals surface area contributed by atoms with Crippen molar-refractivity contribution in [2.24, 2.45) is 0 Å². The van der Waals surface area contributed by atoms with Crippen molar-refractivity contribution in [3.8, 4) is 23.3 Å². The minimum Gasteiger partial charge on any atom is -0.497 e. The molecule has 1 fully saturated rings. The smallest absolute Gasteiger partial charge is 0.125 e. The van der Waals surface area contributed by atoms with Crippen LogP contribution in [0.2, 0.25) is 0 Å². The predicted molar refractivity (Wildman–Crippen MR) is 131 cm³/mol. The van der Waals surface area contributed by atoms with E-state index < -0.39 is 0 Å². The lowest BCUT2D eigenvalue weighted by Gasteiger charge is -2.24. The number of thioether (sulfide) groups is 1. The molecule has 0 spiro atoms. The van der Waals surface area contributed by atoms with Crippen LogP contribution in [0.4, 0.5) is 0 Å². The molecule has 1 aliphatic heterocycles.